The molecule has 28 heavy (non-hydrogen) atoms. The SMILES string of the molecule is CNC(=O)c1c[nH]c2c(cc(F)c3c2nc(-c2ccc(OC)cc2)n3C)c1=O. The lowest BCUT2D eigenvalue weighted by atomic mass is 10.1. The molecular weight excluding hydrogens is 363 g/mol. The summed E-state index contributed by atoms with van der Waals surface area (Å²) in [6, 6.07) is 8.38. The van der Waals surface area contributed by atoms with Gasteiger partial charge >= 0.3 is 0 Å². The quantitative estimate of drug-likeness (QED) is 0.572. The molecule has 0 fully saturated rings. The van der Waals surface area contributed by atoms with Gasteiger partial charge in [0.15, 0.2) is 0 Å². The van der Waals surface area contributed by atoms with E-state index in [9.17, 15) is 14.0 Å². The first-order valence-corrected chi connectivity index (χ1v) is 8.53. The maximum Gasteiger partial charge on any atom is 0.256 e. The lowest BCUT2D eigenvalue weighted by molar-refractivity contribution is 0.0962. The Balaban J connectivity index is 2.02. The van der Waals surface area contributed by atoms with Crippen molar-refractivity contribution in [2.24, 2.45) is 7.05 Å². The summed E-state index contributed by atoms with van der Waals surface area (Å²) < 4.78 is 21.7. The van der Waals surface area contributed by atoms with E-state index >= 15 is 0 Å². The number of carbonyl (C=O) groups excluding carboxylic acids is 1. The number of carbonyl (C=O) groups is 1. The molecule has 142 valence electrons. The molecule has 0 radical (unpaired) electrons. The first-order chi connectivity index (χ1) is 13.5. The fourth-order valence-corrected chi connectivity index (χ4v) is 3.32. The first-order valence-electron chi connectivity index (χ1n) is 8.53. The molecule has 4 aromatic rings. The van der Waals surface area contributed by atoms with Gasteiger partial charge in [-0.1, -0.05) is 0 Å². The lowest BCUT2D eigenvalue weighted by Crippen LogP contribution is -2.25. The van der Waals surface area contributed by atoms with Crippen molar-refractivity contribution in [2.75, 3.05) is 14.2 Å². The Morgan fingerprint density at radius 3 is 2.64 bits per heavy atom. The van der Waals surface area contributed by atoms with Crippen LogP contribution in [0.5, 0.6) is 5.75 Å². The molecule has 0 aliphatic heterocycles. The van der Waals surface area contributed by atoms with Gasteiger partial charge in [0.1, 0.15) is 34.0 Å². The molecule has 8 heteroatoms. The molecule has 0 spiro atoms. The van der Waals surface area contributed by atoms with Gasteiger partial charge in [0.05, 0.1) is 18.0 Å². The van der Waals surface area contributed by atoms with Crippen LogP contribution in [0.1, 0.15) is 10.4 Å². The van der Waals surface area contributed by atoms with Gasteiger partial charge < -0.3 is 19.6 Å². The third-order valence-electron chi connectivity index (χ3n) is 4.77. The lowest BCUT2D eigenvalue weighted by Gasteiger charge is -2.05. The summed E-state index contributed by atoms with van der Waals surface area (Å²) in [6.07, 6.45) is 1.32. The van der Waals surface area contributed by atoms with E-state index in [2.05, 4.69) is 15.3 Å². The van der Waals surface area contributed by atoms with Crippen LogP contribution >= 0.6 is 0 Å². The van der Waals surface area contributed by atoms with Gasteiger partial charge in [0.25, 0.3) is 5.91 Å². The standard InChI is InChI=1S/C20H17FN4O3/c1-22-20(27)13-9-23-15-12(18(13)26)8-14(21)17-16(15)24-19(25(17)2)10-4-6-11(28-3)7-5-10/h4-9H,1-3H3,(H,22,27)(H,23,26). The van der Waals surface area contributed by atoms with Crippen molar-refractivity contribution in [3.05, 3.63) is 58.1 Å². The van der Waals surface area contributed by atoms with E-state index in [4.69, 9.17) is 4.74 Å². The molecule has 0 saturated heterocycles. The van der Waals surface area contributed by atoms with E-state index in [0.717, 1.165) is 11.6 Å². The Kier molecular flexibility index (Phi) is 4.11. The molecule has 0 atom stereocenters. The summed E-state index contributed by atoms with van der Waals surface area (Å²) in [4.78, 5) is 32.0. The molecule has 2 aromatic heterocycles. The number of aryl methyl sites for hydroxylation is 1. The van der Waals surface area contributed by atoms with Crippen LogP contribution in [0.15, 0.2) is 41.3 Å². The summed E-state index contributed by atoms with van der Waals surface area (Å²) in [5.74, 6) is 0.117. The molecular formula is C20H17FN4O3. The van der Waals surface area contributed by atoms with Crippen molar-refractivity contribution in [2.45, 2.75) is 0 Å². The summed E-state index contributed by atoms with van der Waals surface area (Å²) in [5.41, 5.74) is 1.11. The number of ether oxygens (including phenoxy) is 1. The number of hydrogen-bond donors (Lipinski definition) is 2. The number of halogens is 1. The zero-order valence-corrected chi connectivity index (χ0v) is 15.5. The normalized spacial score (nSPS) is 11.1. The van der Waals surface area contributed by atoms with E-state index < -0.39 is 17.2 Å². The molecule has 7 nitrogen and oxygen atoms in total. The minimum Gasteiger partial charge on any atom is -0.497 e. The van der Waals surface area contributed by atoms with Gasteiger partial charge in [-0.2, -0.15) is 0 Å². The molecule has 0 saturated carbocycles. The minimum absolute atomic E-state index is 0.0745. The number of rotatable bonds is 3. The Bertz CT molecular complexity index is 1290. The number of methoxy groups -OCH3 is 1. The van der Waals surface area contributed by atoms with Crippen molar-refractivity contribution in [3.63, 3.8) is 0 Å². The van der Waals surface area contributed by atoms with Gasteiger partial charge in [-0.15, -0.1) is 0 Å². The van der Waals surface area contributed by atoms with E-state index in [1.165, 1.54) is 13.2 Å². The van der Waals surface area contributed by atoms with E-state index in [1.54, 1.807) is 30.9 Å². The van der Waals surface area contributed by atoms with Crippen molar-refractivity contribution < 1.29 is 13.9 Å². The number of aromatic amines is 1. The maximum absolute atomic E-state index is 14.9. The topological polar surface area (TPSA) is 89.0 Å². The Labute approximate surface area is 158 Å². The summed E-state index contributed by atoms with van der Waals surface area (Å²) in [7, 11) is 4.71. The van der Waals surface area contributed by atoms with Crippen molar-refractivity contribution in [1.82, 2.24) is 19.9 Å². The first kappa shape index (κ1) is 17.7. The number of H-pyrrole nitrogens is 1. The smallest absolute Gasteiger partial charge is 0.256 e. The molecule has 0 bridgehead atoms. The van der Waals surface area contributed by atoms with Crippen molar-refractivity contribution in [3.8, 4) is 17.1 Å². The fraction of sp³-hybridized carbons (Fsp3) is 0.150. The van der Waals surface area contributed by atoms with Gasteiger partial charge in [-0.25, -0.2) is 9.37 Å². The van der Waals surface area contributed by atoms with Crippen LogP contribution in [0, 0.1) is 5.82 Å². The Morgan fingerprint density at radius 1 is 1.29 bits per heavy atom. The summed E-state index contributed by atoms with van der Waals surface area (Å²) >= 11 is 0. The van der Waals surface area contributed by atoms with E-state index in [1.807, 2.05) is 12.1 Å². The highest BCUT2D eigenvalue weighted by molar-refractivity contribution is 6.05. The summed E-state index contributed by atoms with van der Waals surface area (Å²) in [6.45, 7) is 0. The minimum atomic E-state index is -0.586. The predicted octanol–water partition coefficient (Wildman–Crippen LogP) is 2.59. The Morgan fingerprint density at radius 2 is 2.00 bits per heavy atom. The number of benzene rings is 2. The zero-order valence-electron chi connectivity index (χ0n) is 15.5. The van der Waals surface area contributed by atoms with E-state index in [0.29, 0.717) is 22.6 Å². The monoisotopic (exact) mass is 380 g/mol. The summed E-state index contributed by atoms with van der Waals surface area (Å²) in [5, 5.41) is 2.47. The van der Waals surface area contributed by atoms with Crippen molar-refractivity contribution >= 4 is 27.8 Å². The average molecular weight is 380 g/mol. The zero-order chi connectivity index (χ0) is 20.0. The predicted molar refractivity (Wildman–Crippen MR) is 104 cm³/mol. The average Bonchev–Trinajstić information content (AvgIpc) is 3.06. The van der Waals surface area contributed by atoms with Crippen LogP contribution < -0.4 is 15.5 Å². The maximum atomic E-state index is 14.9. The largest absolute Gasteiger partial charge is 0.497 e. The van der Waals surface area contributed by atoms with Crippen LogP contribution in [0.4, 0.5) is 4.39 Å². The number of imidazole rings is 1. The number of hydrogen-bond acceptors (Lipinski definition) is 4. The molecule has 0 aliphatic rings. The second-order valence-corrected chi connectivity index (χ2v) is 6.31. The second kappa shape index (κ2) is 6.49. The molecule has 2 aromatic carbocycles. The van der Waals surface area contributed by atoms with Crippen LogP contribution in [-0.2, 0) is 7.05 Å². The number of fused-ring (bicyclic) bond motifs is 3. The van der Waals surface area contributed by atoms with Gasteiger partial charge in [0, 0.05) is 25.9 Å². The second-order valence-electron chi connectivity index (χ2n) is 6.31. The molecule has 1 amide bonds. The number of pyridine rings is 1. The highest BCUT2D eigenvalue weighted by Gasteiger charge is 2.20. The van der Waals surface area contributed by atoms with Crippen molar-refractivity contribution in [1.29, 1.82) is 0 Å². The fourth-order valence-electron chi connectivity index (χ4n) is 3.32. The number of nitrogens with one attached hydrogen (secondary N) is 2. The molecule has 2 N–H and O–H groups in total. The van der Waals surface area contributed by atoms with Crippen LogP contribution in [0.2, 0.25) is 0 Å². The molecule has 0 unspecified atom stereocenters. The van der Waals surface area contributed by atoms with Crippen LogP contribution in [0.25, 0.3) is 33.3 Å². The van der Waals surface area contributed by atoms with Crippen LogP contribution in [-0.4, -0.2) is 34.6 Å². The highest BCUT2D eigenvalue weighted by atomic mass is 19.1. The van der Waals surface area contributed by atoms with Crippen LogP contribution in [0.3, 0.4) is 0 Å². The third kappa shape index (κ3) is 2.53. The number of nitrogens with zero attached hydrogens (tertiary/aromatic N) is 2. The number of amides is 1. The molecule has 4 rings (SSSR count). The highest BCUT2D eigenvalue weighted by Crippen LogP contribution is 2.30. The third-order valence-corrected chi connectivity index (χ3v) is 4.77. The number of aromatic nitrogens is 3. The molecule has 2 heterocycles. The van der Waals surface area contributed by atoms with Gasteiger partial charge in [-0.05, 0) is 30.3 Å². The van der Waals surface area contributed by atoms with E-state index in [-0.39, 0.29) is 16.5 Å². The Hall–Kier alpha value is -3.68. The van der Waals surface area contributed by atoms with Gasteiger partial charge in [-0.3, -0.25) is 9.59 Å². The van der Waals surface area contributed by atoms with Gasteiger partial charge in [0.2, 0.25) is 5.43 Å². The molecule has 0 aliphatic carbocycles.